The van der Waals surface area contributed by atoms with Crippen LogP contribution in [0.4, 0.5) is 13.2 Å². The van der Waals surface area contributed by atoms with E-state index in [9.17, 15) is 13.2 Å². The Kier molecular flexibility index (Phi) is 5.20. The maximum absolute atomic E-state index is 13.1. The van der Waals surface area contributed by atoms with Gasteiger partial charge in [-0.2, -0.15) is 13.2 Å². The lowest BCUT2D eigenvalue weighted by Crippen LogP contribution is -2.29. The molecule has 0 spiro atoms. The van der Waals surface area contributed by atoms with E-state index in [0.29, 0.717) is 16.9 Å². The van der Waals surface area contributed by atoms with E-state index in [1.165, 1.54) is 13.3 Å². The minimum absolute atomic E-state index is 0.170. The van der Waals surface area contributed by atoms with Gasteiger partial charge >= 0.3 is 6.18 Å². The number of aliphatic imine (C=N–C) groups is 1. The molecule has 0 bridgehead atoms. The normalized spacial score (nSPS) is 13.3. The minimum atomic E-state index is -4.38. The molecular weight excluding hydrogens is 291 g/mol. The number of benzene rings is 2. The largest absolute Gasteiger partial charge is 0.497 e. The van der Waals surface area contributed by atoms with E-state index in [2.05, 4.69) is 4.99 Å². The molecule has 0 saturated heterocycles. The Hall–Kier alpha value is -2.30. The van der Waals surface area contributed by atoms with Gasteiger partial charge in [0.2, 0.25) is 0 Å². The van der Waals surface area contributed by atoms with Crippen LogP contribution in [0.15, 0.2) is 59.6 Å². The highest BCUT2D eigenvalue weighted by Gasteiger charge is 2.39. The highest BCUT2D eigenvalue weighted by atomic mass is 19.4. The lowest BCUT2D eigenvalue weighted by molar-refractivity contribution is -0.146. The van der Waals surface area contributed by atoms with Crippen LogP contribution < -0.4 is 4.74 Å². The van der Waals surface area contributed by atoms with E-state index in [4.69, 9.17) is 4.74 Å². The van der Waals surface area contributed by atoms with E-state index < -0.39 is 12.2 Å². The number of methoxy groups -OCH3 is 1. The number of halogens is 3. The molecule has 0 aliphatic heterocycles. The molecule has 1 atom stereocenters. The average molecular weight is 307 g/mol. The topological polar surface area (TPSA) is 21.6 Å². The Bertz CT molecular complexity index is 606. The van der Waals surface area contributed by atoms with Gasteiger partial charge in [0.15, 0.2) is 0 Å². The van der Waals surface area contributed by atoms with Crippen LogP contribution in [0.3, 0.4) is 0 Å². The standard InChI is InChI=1S/C17H16F3NO/c1-22-15-9-7-14(8-10-15)12-21-16(17(18,19)20)11-13-5-3-2-4-6-13/h2-10,12,16H,11H2,1H3. The Morgan fingerprint density at radius 2 is 1.68 bits per heavy atom. The second-order valence-corrected chi connectivity index (χ2v) is 4.80. The van der Waals surface area contributed by atoms with Crippen molar-refractivity contribution in [3.8, 4) is 5.75 Å². The van der Waals surface area contributed by atoms with Gasteiger partial charge in [-0.05, 0) is 35.4 Å². The molecule has 5 heteroatoms. The second-order valence-electron chi connectivity index (χ2n) is 4.80. The van der Waals surface area contributed by atoms with Crippen molar-refractivity contribution in [2.45, 2.75) is 18.6 Å². The Morgan fingerprint density at radius 1 is 1.05 bits per heavy atom. The summed E-state index contributed by atoms with van der Waals surface area (Å²) in [4.78, 5) is 3.73. The van der Waals surface area contributed by atoms with Crippen LogP contribution in [0.25, 0.3) is 0 Å². The quantitative estimate of drug-likeness (QED) is 0.755. The third kappa shape index (κ3) is 4.62. The van der Waals surface area contributed by atoms with Crippen LogP contribution in [0.2, 0.25) is 0 Å². The van der Waals surface area contributed by atoms with Gasteiger partial charge in [-0.1, -0.05) is 30.3 Å². The fraction of sp³-hybridized carbons (Fsp3) is 0.235. The second kappa shape index (κ2) is 7.11. The SMILES string of the molecule is COc1ccc(C=NC(Cc2ccccc2)C(F)(F)F)cc1. The predicted octanol–water partition coefficient (Wildman–Crippen LogP) is 4.29. The third-order valence-corrected chi connectivity index (χ3v) is 3.17. The third-order valence-electron chi connectivity index (χ3n) is 3.17. The predicted molar refractivity (Wildman–Crippen MR) is 80.6 cm³/mol. The molecule has 0 aliphatic rings. The zero-order valence-corrected chi connectivity index (χ0v) is 12.0. The van der Waals surface area contributed by atoms with Crippen LogP contribution in [-0.4, -0.2) is 25.5 Å². The van der Waals surface area contributed by atoms with E-state index in [0.717, 1.165) is 0 Å². The van der Waals surface area contributed by atoms with Crippen molar-refractivity contribution in [3.05, 3.63) is 65.7 Å². The molecule has 0 aromatic heterocycles. The van der Waals surface area contributed by atoms with Crippen LogP contribution in [0, 0.1) is 0 Å². The lowest BCUT2D eigenvalue weighted by atomic mass is 10.1. The van der Waals surface area contributed by atoms with Gasteiger partial charge in [0.05, 0.1) is 7.11 Å². The molecule has 0 radical (unpaired) electrons. The van der Waals surface area contributed by atoms with Crippen molar-refractivity contribution < 1.29 is 17.9 Å². The van der Waals surface area contributed by atoms with Crippen molar-refractivity contribution >= 4 is 6.21 Å². The van der Waals surface area contributed by atoms with Crippen molar-refractivity contribution in [1.29, 1.82) is 0 Å². The summed E-state index contributed by atoms with van der Waals surface area (Å²) in [6.45, 7) is 0. The molecule has 2 aromatic carbocycles. The first-order chi connectivity index (χ1) is 10.5. The molecule has 116 valence electrons. The Morgan fingerprint density at radius 3 is 2.23 bits per heavy atom. The first-order valence-corrected chi connectivity index (χ1v) is 6.77. The van der Waals surface area contributed by atoms with Gasteiger partial charge in [0.25, 0.3) is 0 Å². The molecular formula is C17H16F3NO. The number of ether oxygens (including phenoxy) is 1. The molecule has 22 heavy (non-hydrogen) atoms. The van der Waals surface area contributed by atoms with Crippen molar-refractivity contribution in [2.75, 3.05) is 7.11 Å². The summed E-state index contributed by atoms with van der Waals surface area (Å²) in [5, 5.41) is 0. The highest BCUT2D eigenvalue weighted by Crippen LogP contribution is 2.26. The monoisotopic (exact) mass is 307 g/mol. The summed E-state index contributed by atoms with van der Waals surface area (Å²) in [5.74, 6) is 0.647. The molecule has 2 nitrogen and oxygen atoms in total. The molecule has 0 saturated carbocycles. The van der Waals surface area contributed by atoms with Crippen LogP contribution in [0.5, 0.6) is 5.75 Å². The van der Waals surface area contributed by atoms with E-state index in [1.807, 2.05) is 0 Å². The maximum atomic E-state index is 13.1. The van der Waals surface area contributed by atoms with Crippen molar-refractivity contribution in [3.63, 3.8) is 0 Å². The van der Waals surface area contributed by atoms with Gasteiger partial charge in [-0.25, -0.2) is 0 Å². The van der Waals surface area contributed by atoms with Gasteiger partial charge in [0, 0.05) is 12.6 Å². The summed E-state index contributed by atoms with van der Waals surface area (Å²) < 4.78 is 44.3. The summed E-state index contributed by atoms with van der Waals surface area (Å²) in [6.07, 6.45) is -3.30. The first kappa shape index (κ1) is 16.1. The molecule has 2 rings (SSSR count). The van der Waals surface area contributed by atoms with E-state index >= 15 is 0 Å². The first-order valence-electron chi connectivity index (χ1n) is 6.77. The fourth-order valence-electron chi connectivity index (χ4n) is 1.96. The van der Waals surface area contributed by atoms with Crippen LogP contribution >= 0.6 is 0 Å². The molecule has 0 aliphatic carbocycles. The maximum Gasteiger partial charge on any atom is 0.411 e. The van der Waals surface area contributed by atoms with Crippen molar-refractivity contribution in [2.24, 2.45) is 4.99 Å². The minimum Gasteiger partial charge on any atom is -0.497 e. The van der Waals surface area contributed by atoms with Gasteiger partial charge in [0.1, 0.15) is 11.8 Å². The van der Waals surface area contributed by atoms with Gasteiger partial charge in [-0.3, -0.25) is 4.99 Å². The summed E-state index contributed by atoms with van der Waals surface area (Å²) in [6, 6.07) is 13.5. The summed E-state index contributed by atoms with van der Waals surface area (Å²) in [5.41, 5.74) is 1.21. The van der Waals surface area contributed by atoms with Crippen LogP contribution in [0.1, 0.15) is 11.1 Å². The number of hydrogen-bond acceptors (Lipinski definition) is 2. The molecule has 0 fully saturated rings. The summed E-state index contributed by atoms with van der Waals surface area (Å²) >= 11 is 0. The average Bonchev–Trinajstić information content (AvgIpc) is 2.52. The molecule has 0 amide bonds. The zero-order valence-electron chi connectivity index (χ0n) is 12.0. The zero-order chi connectivity index (χ0) is 16.0. The smallest absolute Gasteiger partial charge is 0.411 e. The van der Waals surface area contributed by atoms with E-state index in [1.54, 1.807) is 54.6 Å². The summed E-state index contributed by atoms with van der Waals surface area (Å²) in [7, 11) is 1.53. The Balaban J connectivity index is 2.13. The number of rotatable bonds is 5. The van der Waals surface area contributed by atoms with Crippen molar-refractivity contribution in [1.82, 2.24) is 0 Å². The highest BCUT2D eigenvalue weighted by molar-refractivity contribution is 5.79. The van der Waals surface area contributed by atoms with E-state index in [-0.39, 0.29) is 6.42 Å². The van der Waals surface area contributed by atoms with Gasteiger partial charge < -0.3 is 4.74 Å². The fourth-order valence-corrected chi connectivity index (χ4v) is 1.96. The number of nitrogens with zero attached hydrogens (tertiary/aromatic N) is 1. The molecule has 0 N–H and O–H groups in total. The number of hydrogen-bond donors (Lipinski definition) is 0. The van der Waals surface area contributed by atoms with Gasteiger partial charge in [-0.15, -0.1) is 0 Å². The Labute approximate surface area is 127 Å². The van der Waals surface area contributed by atoms with Crippen LogP contribution in [-0.2, 0) is 6.42 Å². The number of alkyl halides is 3. The molecule has 0 heterocycles. The molecule has 2 aromatic rings. The lowest BCUT2D eigenvalue weighted by Gasteiger charge is -2.16. The molecule has 1 unspecified atom stereocenters.